The number of nitrogens with one attached hydrogen (secondary N) is 1. The van der Waals surface area contributed by atoms with Crippen LogP contribution in [-0.4, -0.2) is 19.7 Å². The van der Waals surface area contributed by atoms with Crippen LogP contribution in [0.2, 0.25) is 0 Å². The highest BCUT2D eigenvalue weighted by atomic mass is 16.5. The zero-order valence-corrected chi connectivity index (χ0v) is 19.8. The minimum Gasteiger partial charge on any atom is -0.493 e. The lowest BCUT2D eigenvalue weighted by molar-refractivity contribution is -0.140. The zero-order chi connectivity index (χ0) is 23.2. The molecule has 1 aliphatic rings. The number of hydrogen-bond acceptors (Lipinski definition) is 4. The van der Waals surface area contributed by atoms with Crippen molar-refractivity contribution >= 4 is 11.7 Å². The minimum atomic E-state index is -0.178. The number of aryl methyl sites for hydroxylation is 3. The second-order valence-electron chi connectivity index (χ2n) is 9.01. The third-order valence-corrected chi connectivity index (χ3v) is 6.20. The van der Waals surface area contributed by atoms with E-state index in [1.54, 1.807) is 0 Å². The van der Waals surface area contributed by atoms with Crippen LogP contribution in [0.3, 0.4) is 0 Å². The highest BCUT2D eigenvalue weighted by Crippen LogP contribution is 2.34. The molecular formula is C29H33NO3. The lowest BCUT2D eigenvalue weighted by Gasteiger charge is -2.15. The first-order valence-corrected chi connectivity index (χ1v) is 11.7. The van der Waals surface area contributed by atoms with E-state index in [9.17, 15) is 4.79 Å². The van der Waals surface area contributed by atoms with E-state index < -0.39 is 0 Å². The maximum absolute atomic E-state index is 11.3. The lowest BCUT2D eigenvalue weighted by atomic mass is 9.94. The van der Waals surface area contributed by atoms with Crippen molar-refractivity contribution in [2.75, 3.05) is 19.0 Å². The highest BCUT2D eigenvalue weighted by molar-refractivity contribution is 5.72. The molecular weight excluding hydrogens is 410 g/mol. The molecule has 4 heteroatoms. The van der Waals surface area contributed by atoms with Gasteiger partial charge in [0.15, 0.2) is 0 Å². The summed E-state index contributed by atoms with van der Waals surface area (Å²) in [7, 11) is 1.42. The fourth-order valence-electron chi connectivity index (χ4n) is 4.14. The summed E-state index contributed by atoms with van der Waals surface area (Å²) in [5, 5.41) is 3.50. The van der Waals surface area contributed by atoms with Crippen LogP contribution in [-0.2, 0) is 22.5 Å². The van der Waals surface area contributed by atoms with Crippen molar-refractivity contribution in [2.24, 2.45) is 5.92 Å². The molecule has 1 N–H and O–H groups in total. The average Bonchev–Trinajstić information content (AvgIpc) is 3.65. The van der Waals surface area contributed by atoms with Gasteiger partial charge in [0.1, 0.15) is 5.75 Å². The predicted octanol–water partition coefficient (Wildman–Crippen LogP) is 6.48. The Morgan fingerprint density at radius 3 is 2.36 bits per heavy atom. The van der Waals surface area contributed by atoms with Crippen LogP contribution < -0.4 is 10.1 Å². The van der Waals surface area contributed by atoms with E-state index in [2.05, 4.69) is 79.8 Å². The molecule has 1 saturated carbocycles. The van der Waals surface area contributed by atoms with Crippen molar-refractivity contribution in [2.45, 2.75) is 46.1 Å². The Bertz CT molecular complexity index is 1080. The van der Waals surface area contributed by atoms with Crippen molar-refractivity contribution in [3.8, 4) is 16.9 Å². The first-order valence-electron chi connectivity index (χ1n) is 11.7. The number of esters is 1. The molecule has 0 radical (unpaired) electrons. The molecule has 3 aromatic rings. The molecule has 172 valence electrons. The van der Waals surface area contributed by atoms with Gasteiger partial charge in [-0.25, -0.2) is 0 Å². The lowest BCUT2D eigenvalue weighted by Crippen LogP contribution is -2.02. The SMILES string of the molecule is COC(=O)CCc1ccc(NCc2cccc(-c3c(C)cc(OCC4CC4)cc3C)c2)cc1. The number of anilines is 1. The molecule has 0 aliphatic heterocycles. The van der Waals surface area contributed by atoms with Gasteiger partial charge in [-0.05, 0) is 103 Å². The second-order valence-corrected chi connectivity index (χ2v) is 9.01. The van der Waals surface area contributed by atoms with Gasteiger partial charge in [-0.1, -0.05) is 30.3 Å². The Kier molecular flexibility index (Phi) is 7.33. The van der Waals surface area contributed by atoms with E-state index in [0.29, 0.717) is 12.8 Å². The topological polar surface area (TPSA) is 47.6 Å². The number of ether oxygens (including phenoxy) is 2. The van der Waals surface area contributed by atoms with Crippen LogP contribution >= 0.6 is 0 Å². The van der Waals surface area contributed by atoms with Crippen molar-refractivity contribution in [3.63, 3.8) is 0 Å². The summed E-state index contributed by atoms with van der Waals surface area (Å²) >= 11 is 0. The van der Waals surface area contributed by atoms with E-state index in [-0.39, 0.29) is 5.97 Å². The number of carbonyl (C=O) groups is 1. The summed E-state index contributed by atoms with van der Waals surface area (Å²) in [5.41, 5.74) is 8.43. The fourth-order valence-corrected chi connectivity index (χ4v) is 4.14. The third-order valence-electron chi connectivity index (χ3n) is 6.20. The highest BCUT2D eigenvalue weighted by Gasteiger charge is 2.22. The van der Waals surface area contributed by atoms with Gasteiger partial charge in [0.2, 0.25) is 0 Å². The van der Waals surface area contributed by atoms with Crippen molar-refractivity contribution in [1.29, 1.82) is 0 Å². The fraction of sp³-hybridized carbons (Fsp3) is 0.345. The van der Waals surface area contributed by atoms with E-state index in [0.717, 1.165) is 36.1 Å². The van der Waals surface area contributed by atoms with E-state index >= 15 is 0 Å². The minimum absolute atomic E-state index is 0.178. The van der Waals surface area contributed by atoms with Gasteiger partial charge in [0.05, 0.1) is 13.7 Å². The molecule has 33 heavy (non-hydrogen) atoms. The Balaban J connectivity index is 1.39. The molecule has 3 aromatic carbocycles. The number of carbonyl (C=O) groups excluding carboxylic acids is 1. The van der Waals surface area contributed by atoms with Crippen molar-refractivity contribution in [3.05, 3.63) is 82.9 Å². The quantitative estimate of drug-likeness (QED) is 0.365. The van der Waals surface area contributed by atoms with Gasteiger partial charge in [-0.2, -0.15) is 0 Å². The normalized spacial score (nSPS) is 12.9. The predicted molar refractivity (Wildman–Crippen MR) is 134 cm³/mol. The van der Waals surface area contributed by atoms with Crippen LogP contribution in [0.4, 0.5) is 5.69 Å². The molecule has 0 atom stereocenters. The Morgan fingerprint density at radius 1 is 0.970 bits per heavy atom. The molecule has 0 amide bonds. The molecule has 0 saturated heterocycles. The summed E-state index contributed by atoms with van der Waals surface area (Å²) < 4.78 is 10.7. The first-order chi connectivity index (χ1) is 16.0. The van der Waals surface area contributed by atoms with Gasteiger partial charge >= 0.3 is 5.97 Å². The van der Waals surface area contributed by atoms with E-state index in [1.807, 2.05) is 0 Å². The average molecular weight is 444 g/mol. The molecule has 0 unspecified atom stereocenters. The van der Waals surface area contributed by atoms with Gasteiger partial charge in [0.25, 0.3) is 0 Å². The van der Waals surface area contributed by atoms with E-state index in [4.69, 9.17) is 9.47 Å². The molecule has 1 fully saturated rings. The molecule has 4 rings (SSSR count). The standard InChI is InChI=1S/C29H33NO3/c1-20-15-27(33-19-23-7-8-23)16-21(2)29(20)25-6-4-5-24(17-25)18-30-26-12-9-22(10-13-26)11-14-28(31)32-3/h4-6,9-10,12-13,15-17,23,30H,7-8,11,14,18-19H2,1-3H3. The maximum Gasteiger partial charge on any atom is 0.305 e. The molecule has 0 spiro atoms. The van der Waals surface area contributed by atoms with Gasteiger partial charge < -0.3 is 14.8 Å². The molecule has 4 nitrogen and oxygen atoms in total. The number of hydrogen-bond donors (Lipinski definition) is 1. The Hall–Kier alpha value is -3.27. The maximum atomic E-state index is 11.3. The summed E-state index contributed by atoms with van der Waals surface area (Å²) in [6.07, 6.45) is 3.70. The van der Waals surface area contributed by atoms with Crippen LogP contribution in [0, 0.1) is 19.8 Å². The van der Waals surface area contributed by atoms with Crippen LogP contribution in [0.5, 0.6) is 5.75 Å². The molecule has 0 aromatic heterocycles. The van der Waals surface area contributed by atoms with Gasteiger partial charge in [-0.3, -0.25) is 4.79 Å². The van der Waals surface area contributed by atoms with Crippen LogP contribution in [0.15, 0.2) is 60.7 Å². The summed E-state index contributed by atoms with van der Waals surface area (Å²) in [6, 6.07) is 21.3. The monoisotopic (exact) mass is 443 g/mol. The third kappa shape index (κ3) is 6.38. The first kappa shape index (κ1) is 22.9. The second kappa shape index (κ2) is 10.6. The zero-order valence-electron chi connectivity index (χ0n) is 19.8. The van der Waals surface area contributed by atoms with Crippen molar-refractivity contribution < 1.29 is 14.3 Å². The number of benzene rings is 3. The van der Waals surface area contributed by atoms with Gasteiger partial charge in [0, 0.05) is 18.7 Å². The van der Waals surface area contributed by atoms with Crippen LogP contribution in [0.1, 0.15) is 41.5 Å². The number of rotatable bonds is 10. The van der Waals surface area contributed by atoms with Crippen LogP contribution in [0.25, 0.3) is 11.1 Å². The molecule has 1 aliphatic carbocycles. The van der Waals surface area contributed by atoms with Crippen molar-refractivity contribution in [1.82, 2.24) is 0 Å². The van der Waals surface area contributed by atoms with Gasteiger partial charge in [-0.15, -0.1) is 0 Å². The summed E-state index contributed by atoms with van der Waals surface area (Å²) in [6.45, 7) is 5.92. The summed E-state index contributed by atoms with van der Waals surface area (Å²) in [5.74, 6) is 1.56. The van der Waals surface area contributed by atoms with E-state index in [1.165, 1.54) is 47.8 Å². The Labute approximate surface area is 196 Å². The number of methoxy groups -OCH3 is 1. The molecule has 0 heterocycles. The smallest absolute Gasteiger partial charge is 0.305 e. The molecule has 0 bridgehead atoms. The Morgan fingerprint density at radius 2 is 1.70 bits per heavy atom. The summed E-state index contributed by atoms with van der Waals surface area (Å²) in [4.78, 5) is 11.3. The largest absolute Gasteiger partial charge is 0.493 e.